The molecule has 3 aliphatic carbocycles. The maximum absolute atomic E-state index is 5.69. The van der Waals surface area contributed by atoms with Gasteiger partial charge in [0, 0.05) is 82.1 Å². The number of para-hydroxylation sites is 3. The molecule has 0 unspecified atom stereocenters. The van der Waals surface area contributed by atoms with Crippen molar-refractivity contribution in [1.29, 1.82) is 0 Å². The summed E-state index contributed by atoms with van der Waals surface area (Å²) in [5.74, 6) is 0.674. The molecular formula is C101H71N5. The summed E-state index contributed by atoms with van der Waals surface area (Å²) < 4.78 is 7.37. The van der Waals surface area contributed by atoms with E-state index >= 15 is 0 Å². The summed E-state index contributed by atoms with van der Waals surface area (Å²) in [4.78, 5) is 11.2. The SMILES string of the molecule is CC1(C)c2ccccc2-c2ccc(-n3c4ccccc4c4cc(-c5ccc(-c6nc(-c7cccc(-c8ccc9c(c8)c8ccccc8n9-c8ccc9c(c8)C(C)(C)c8ccccc8-9)c7)c7cc(-c8ccc9c(c8)c8ccccc8n9-c8ccc9c(c8)C(C)(C)c8ccccc8-9)ccc7n6)cc5)ccc43)cc21. The van der Waals surface area contributed by atoms with Crippen molar-refractivity contribution in [3.05, 3.63) is 355 Å². The quantitative estimate of drug-likeness (QED) is 0.152. The lowest BCUT2D eigenvalue weighted by molar-refractivity contribution is 0.660. The lowest BCUT2D eigenvalue weighted by Crippen LogP contribution is -2.15. The van der Waals surface area contributed by atoms with Crippen LogP contribution >= 0.6 is 0 Å². The van der Waals surface area contributed by atoms with Crippen molar-refractivity contribution in [2.45, 2.75) is 57.8 Å². The van der Waals surface area contributed by atoms with Crippen molar-refractivity contribution < 1.29 is 0 Å². The third-order valence-electron chi connectivity index (χ3n) is 24.5. The highest BCUT2D eigenvalue weighted by atomic mass is 15.0. The first-order valence-electron chi connectivity index (χ1n) is 37.2. The zero-order valence-electron chi connectivity index (χ0n) is 59.8. The van der Waals surface area contributed by atoms with Gasteiger partial charge in [0.25, 0.3) is 0 Å². The highest BCUT2D eigenvalue weighted by Crippen LogP contribution is 2.54. The molecule has 0 radical (unpaired) electrons. The predicted molar refractivity (Wildman–Crippen MR) is 442 cm³/mol. The molecule has 3 aliphatic rings. The third kappa shape index (κ3) is 8.65. The largest absolute Gasteiger partial charge is 0.309 e. The number of fused-ring (bicyclic) bond motifs is 19. The van der Waals surface area contributed by atoms with E-state index < -0.39 is 0 Å². The summed E-state index contributed by atoms with van der Waals surface area (Å²) in [6, 6.07) is 120. The van der Waals surface area contributed by atoms with Gasteiger partial charge >= 0.3 is 0 Å². The van der Waals surface area contributed by atoms with E-state index in [-0.39, 0.29) is 16.2 Å². The smallest absolute Gasteiger partial charge is 0.160 e. The minimum absolute atomic E-state index is 0.105. The van der Waals surface area contributed by atoms with E-state index in [1.165, 1.54) is 149 Å². The average Bonchev–Trinajstić information content (AvgIpc) is 1.56. The van der Waals surface area contributed by atoms with Gasteiger partial charge in [0.2, 0.25) is 0 Å². The first kappa shape index (κ1) is 60.6. The second kappa shape index (κ2) is 22.0. The average molecular weight is 1350 g/mol. The second-order valence-corrected chi connectivity index (χ2v) is 31.2. The Morgan fingerprint density at radius 1 is 0.208 bits per heavy atom. The zero-order chi connectivity index (χ0) is 70.6. The molecule has 0 atom stereocenters. The molecule has 5 heteroatoms. The van der Waals surface area contributed by atoms with Crippen molar-refractivity contribution in [2.24, 2.45) is 0 Å². The molecule has 500 valence electrons. The Bertz CT molecular complexity index is 7040. The maximum atomic E-state index is 5.69. The van der Waals surface area contributed by atoms with Crippen LogP contribution in [0.25, 0.3) is 183 Å². The molecule has 0 fully saturated rings. The van der Waals surface area contributed by atoms with E-state index in [1.54, 1.807) is 0 Å². The second-order valence-electron chi connectivity index (χ2n) is 31.2. The number of aromatic nitrogens is 5. The van der Waals surface area contributed by atoms with Crippen LogP contribution in [0.15, 0.2) is 322 Å². The van der Waals surface area contributed by atoms with Crippen LogP contribution in [0.3, 0.4) is 0 Å². The molecule has 0 aliphatic heterocycles. The fourth-order valence-electron chi connectivity index (χ4n) is 19.1. The van der Waals surface area contributed by atoms with Crippen molar-refractivity contribution in [3.8, 4) is 106 Å². The Morgan fingerprint density at radius 2 is 0.528 bits per heavy atom. The van der Waals surface area contributed by atoms with Gasteiger partial charge in [-0.05, 0) is 209 Å². The van der Waals surface area contributed by atoms with Gasteiger partial charge in [0.05, 0.1) is 44.3 Å². The lowest BCUT2D eigenvalue weighted by Gasteiger charge is -2.22. The molecule has 4 aromatic heterocycles. The van der Waals surface area contributed by atoms with Crippen LogP contribution in [-0.2, 0) is 16.2 Å². The molecule has 15 aromatic carbocycles. The molecule has 0 saturated heterocycles. The molecular weight excluding hydrogens is 1280 g/mol. The van der Waals surface area contributed by atoms with Crippen LogP contribution in [0.4, 0.5) is 0 Å². The van der Waals surface area contributed by atoms with Gasteiger partial charge in [0.15, 0.2) is 5.82 Å². The number of rotatable bonds is 8. The molecule has 0 spiro atoms. The van der Waals surface area contributed by atoms with Gasteiger partial charge in [-0.3, -0.25) is 0 Å². The van der Waals surface area contributed by atoms with E-state index in [4.69, 9.17) is 9.97 Å². The summed E-state index contributed by atoms with van der Waals surface area (Å²) in [7, 11) is 0. The fraction of sp³-hybridized carbons (Fsp3) is 0.0891. The van der Waals surface area contributed by atoms with Gasteiger partial charge < -0.3 is 13.7 Å². The normalized spacial score (nSPS) is 14.2. The molecule has 22 rings (SSSR count). The number of hydrogen-bond acceptors (Lipinski definition) is 2. The Hall–Kier alpha value is -13.0. The van der Waals surface area contributed by atoms with Gasteiger partial charge in [-0.15, -0.1) is 0 Å². The van der Waals surface area contributed by atoms with E-state index in [0.29, 0.717) is 5.82 Å². The van der Waals surface area contributed by atoms with Crippen LogP contribution in [0.5, 0.6) is 0 Å². The van der Waals surface area contributed by atoms with Crippen molar-refractivity contribution in [2.75, 3.05) is 0 Å². The Balaban J connectivity index is 0.658. The molecule has 0 N–H and O–H groups in total. The van der Waals surface area contributed by atoms with Crippen molar-refractivity contribution in [1.82, 2.24) is 23.7 Å². The van der Waals surface area contributed by atoms with Crippen LogP contribution in [0, 0.1) is 0 Å². The Morgan fingerprint density at radius 3 is 0.962 bits per heavy atom. The fourth-order valence-corrected chi connectivity index (χ4v) is 19.1. The lowest BCUT2D eigenvalue weighted by atomic mass is 9.82. The van der Waals surface area contributed by atoms with Crippen LogP contribution in [0.2, 0.25) is 0 Å². The first-order valence-corrected chi connectivity index (χ1v) is 37.2. The minimum atomic E-state index is -0.120. The number of nitrogens with zero attached hydrogens (tertiary/aromatic N) is 5. The van der Waals surface area contributed by atoms with E-state index in [1.807, 2.05) is 0 Å². The van der Waals surface area contributed by atoms with Gasteiger partial charge in [-0.25, -0.2) is 9.97 Å². The first-order chi connectivity index (χ1) is 51.8. The van der Waals surface area contributed by atoms with E-state index in [2.05, 4.69) is 377 Å². The predicted octanol–water partition coefficient (Wildman–Crippen LogP) is 26.2. The molecule has 0 bridgehead atoms. The number of hydrogen-bond donors (Lipinski definition) is 0. The summed E-state index contributed by atoms with van der Waals surface area (Å²) in [5.41, 5.74) is 36.9. The molecule has 19 aromatic rings. The minimum Gasteiger partial charge on any atom is -0.309 e. The Kier molecular flexibility index (Phi) is 12.6. The van der Waals surface area contributed by atoms with Gasteiger partial charge in [-0.1, -0.05) is 254 Å². The summed E-state index contributed by atoms with van der Waals surface area (Å²) in [6.07, 6.45) is 0. The highest BCUT2D eigenvalue weighted by Gasteiger charge is 2.39. The molecule has 0 saturated carbocycles. The molecule has 4 heterocycles. The Labute approximate surface area is 615 Å². The summed E-state index contributed by atoms with van der Waals surface area (Å²) >= 11 is 0. The van der Waals surface area contributed by atoms with Crippen LogP contribution in [0.1, 0.15) is 74.9 Å². The van der Waals surface area contributed by atoms with Crippen LogP contribution in [-0.4, -0.2) is 23.7 Å². The standard InChI is InChI=1S/C101H71N5/c1-99(2)84-28-13-7-22-71(84)74-45-42-68(57-87(74)99)104-91-31-16-10-25-77(91)80-53-63(39-49-94(80)104)60-34-36-61(37-35-60)98-102-90-48-38-64(66-41-51-96-82(55-66)79-27-12-18-33-93(79)106(96)70-44-47-76-73-24-9-15-30-86(73)101(5,6)89(76)59-70)56-83(90)97(103-98)67-21-19-20-62(52-67)65-40-50-95-81(54-65)78-26-11-17-32-92(78)105(95)69-43-46-75-72-23-8-14-29-85(72)100(3,4)88(75)58-69/h7-59H,1-6H3. The van der Waals surface area contributed by atoms with E-state index in [9.17, 15) is 0 Å². The topological polar surface area (TPSA) is 40.6 Å². The highest BCUT2D eigenvalue weighted by molar-refractivity contribution is 6.14. The summed E-state index contributed by atoms with van der Waals surface area (Å²) in [5, 5.41) is 8.30. The monoisotopic (exact) mass is 1350 g/mol. The molecule has 106 heavy (non-hydrogen) atoms. The van der Waals surface area contributed by atoms with E-state index in [0.717, 1.165) is 61.1 Å². The maximum Gasteiger partial charge on any atom is 0.160 e. The van der Waals surface area contributed by atoms with Crippen molar-refractivity contribution >= 4 is 76.3 Å². The van der Waals surface area contributed by atoms with Crippen LogP contribution < -0.4 is 0 Å². The summed E-state index contributed by atoms with van der Waals surface area (Å²) in [6.45, 7) is 14.2. The molecule has 5 nitrogen and oxygen atoms in total. The molecule has 0 amide bonds. The zero-order valence-corrected chi connectivity index (χ0v) is 59.8. The third-order valence-corrected chi connectivity index (χ3v) is 24.5. The van der Waals surface area contributed by atoms with Gasteiger partial charge in [-0.2, -0.15) is 0 Å². The van der Waals surface area contributed by atoms with Crippen molar-refractivity contribution in [3.63, 3.8) is 0 Å². The number of benzene rings is 15. The van der Waals surface area contributed by atoms with Gasteiger partial charge in [0.1, 0.15) is 0 Å².